The lowest BCUT2D eigenvalue weighted by Crippen LogP contribution is -2.41. The van der Waals surface area contributed by atoms with E-state index in [9.17, 15) is 4.79 Å². The fraction of sp³-hybridized carbons (Fsp3) is 0.286. The lowest BCUT2D eigenvalue weighted by atomic mass is 10.3. The van der Waals surface area contributed by atoms with Gasteiger partial charge in [-0.15, -0.1) is 0 Å². The minimum atomic E-state index is -0.868. The molecule has 0 saturated carbocycles. The van der Waals surface area contributed by atoms with Crippen molar-refractivity contribution in [2.45, 2.75) is 6.04 Å². The van der Waals surface area contributed by atoms with Gasteiger partial charge in [0.25, 0.3) is 5.91 Å². The fourth-order valence-electron chi connectivity index (χ4n) is 0.702. The highest BCUT2D eigenvalue weighted by Gasteiger charge is 2.10. The van der Waals surface area contributed by atoms with Gasteiger partial charge in [-0.1, -0.05) is 0 Å². The van der Waals surface area contributed by atoms with E-state index in [-0.39, 0.29) is 6.61 Å². The lowest BCUT2D eigenvalue weighted by molar-refractivity contribution is -0.119. The van der Waals surface area contributed by atoms with Crippen LogP contribution < -0.4 is 11.2 Å². The molecule has 0 unspecified atom stereocenters. The van der Waals surface area contributed by atoms with Gasteiger partial charge in [-0.25, -0.2) is 0 Å². The molecule has 0 fully saturated rings. The Bertz CT molecular complexity index is 245. The van der Waals surface area contributed by atoms with Gasteiger partial charge in [-0.3, -0.25) is 14.9 Å². The summed E-state index contributed by atoms with van der Waals surface area (Å²) in [6, 6.07) is 2.67. The average molecular weight is 169 g/mol. The average Bonchev–Trinajstić information content (AvgIpc) is 2.55. The van der Waals surface area contributed by atoms with Crippen molar-refractivity contribution in [3.05, 3.63) is 24.5 Å². The van der Waals surface area contributed by atoms with E-state index in [1.807, 2.05) is 0 Å². The highest BCUT2D eigenvalue weighted by molar-refractivity contribution is 5.88. The molecule has 1 amide bonds. The molecular formula is C7H11N3O2. The fourth-order valence-corrected chi connectivity index (χ4v) is 0.702. The Labute approximate surface area is 69.8 Å². The second kappa shape index (κ2) is 3.89. The quantitative estimate of drug-likeness (QED) is 0.536. The highest BCUT2D eigenvalue weighted by atomic mass is 16.3. The van der Waals surface area contributed by atoms with Crippen molar-refractivity contribution < 1.29 is 9.90 Å². The molecule has 4 N–H and O–H groups in total. The van der Waals surface area contributed by atoms with Crippen LogP contribution in [0, 0.1) is 0 Å². The van der Waals surface area contributed by atoms with E-state index in [0.717, 1.165) is 0 Å². The summed E-state index contributed by atoms with van der Waals surface area (Å²) in [5, 5.41) is 8.54. The summed E-state index contributed by atoms with van der Waals surface area (Å²) in [5.74, 6) is -0.409. The van der Waals surface area contributed by atoms with E-state index < -0.39 is 11.9 Å². The van der Waals surface area contributed by atoms with Crippen LogP contribution in [0.5, 0.6) is 0 Å². The minimum Gasteiger partial charge on any atom is -0.394 e. The van der Waals surface area contributed by atoms with Crippen LogP contribution in [0.4, 0.5) is 0 Å². The Morgan fingerprint density at radius 3 is 2.67 bits per heavy atom. The molecule has 0 spiro atoms. The summed E-state index contributed by atoms with van der Waals surface area (Å²) in [6.45, 7) is -0.354. The molecule has 5 nitrogen and oxygen atoms in total. The van der Waals surface area contributed by atoms with Crippen molar-refractivity contribution >= 4 is 5.91 Å². The number of hydrogen-bond donors (Lipinski definition) is 3. The normalized spacial score (nSPS) is 12.5. The molecule has 1 aromatic rings. The molecule has 12 heavy (non-hydrogen) atoms. The van der Waals surface area contributed by atoms with E-state index in [1.54, 1.807) is 24.5 Å². The molecule has 0 aliphatic heterocycles. The number of rotatable bonds is 3. The van der Waals surface area contributed by atoms with Crippen molar-refractivity contribution in [2.75, 3.05) is 12.0 Å². The predicted molar refractivity (Wildman–Crippen MR) is 43.9 cm³/mol. The maximum Gasteiger partial charge on any atom is 0.258 e. The first-order chi connectivity index (χ1) is 5.74. The minimum absolute atomic E-state index is 0.354. The first kappa shape index (κ1) is 8.76. The van der Waals surface area contributed by atoms with E-state index in [2.05, 4.69) is 5.43 Å². The van der Waals surface area contributed by atoms with E-state index in [4.69, 9.17) is 10.8 Å². The van der Waals surface area contributed by atoms with Gasteiger partial charge in [0.2, 0.25) is 0 Å². The number of hydrogen-bond acceptors (Lipinski definition) is 3. The Kier molecular flexibility index (Phi) is 2.84. The molecule has 5 heteroatoms. The van der Waals surface area contributed by atoms with Crippen LogP contribution in [-0.4, -0.2) is 28.3 Å². The number of aliphatic hydroxyl groups excluding tert-OH is 1. The topological polar surface area (TPSA) is 80.3 Å². The molecule has 0 aliphatic rings. The zero-order chi connectivity index (χ0) is 8.97. The number of nitrogens with zero attached hydrogens (tertiary/aromatic N) is 1. The van der Waals surface area contributed by atoms with Crippen molar-refractivity contribution in [1.82, 2.24) is 4.68 Å². The molecule has 1 aromatic heterocycles. The molecular weight excluding hydrogens is 158 g/mol. The third-order valence-corrected chi connectivity index (χ3v) is 1.38. The van der Waals surface area contributed by atoms with Crippen LogP contribution >= 0.6 is 0 Å². The summed E-state index contributed by atoms with van der Waals surface area (Å²) in [5.41, 5.74) is 7.72. The number of nitrogens with one attached hydrogen (secondary N) is 1. The van der Waals surface area contributed by atoms with Crippen molar-refractivity contribution in [2.24, 2.45) is 5.73 Å². The number of aromatic nitrogens is 1. The molecule has 1 atom stereocenters. The van der Waals surface area contributed by atoms with Crippen LogP contribution in [0.1, 0.15) is 0 Å². The van der Waals surface area contributed by atoms with Gasteiger partial charge in [0.05, 0.1) is 6.61 Å². The predicted octanol–water partition coefficient (Wildman–Crippen LogP) is -1.12. The van der Waals surface area contributed by atoms with Crippen LogP contribution in [0.2, 0.25) is 0 Å². The summed E-state index contributed by atoms with van der Waals surface area (Å²) in [6.07, 6.45) is 3.34. The second-order valence-electron chi connectivity index (χ2n) is 2.36. The zero-order valence-electron chi connectivity index (χ0n) is 6.47. The van der Waals surface area contributed by atoms with Gasteiger partial charge in [-0.2, -0.15) is 0 Å². The molecule has 0 radical (unpaired) electrons. The first-order valence-electron chi connectivity index (χ1n) is 3.54. The zero-order valence-corrected chi connectivity index (χ0v) is 6.47. The van der Waals surface area contributed by atoms with Gasteiger partial charge in [-0.05, 0) is 12.1 Å². The summed E-state index contributed by atoms with van der Waals surface area (Å²) >= 11 is 0. The SMILES string of the molecule is N[C@@H](CO)C(=O)Nn1cccc1. The van der Waals surface area contributed by atoms with Gasteiger partial charge in [0.1, 0.15) is 6.04 Å². The van der Waals surface area contributed by atoms with Gasteiger partial charge in [0.15, 0.2) is 0 Å². The smallest absolute Gasteiger partial charge is 0.258 e. The molecule has 1 heterocycles. The van der Waals surface area contributed by atoms with E-state index in [0.29, 0.717) is 0 Å². The number of carbonyl (C=O) groups excluding carboxylic acids is 1. The molecule has 0 aliphatic carbocycles. The van der Waals surface area contributed by atoms with Crippen molar-refractivity contribution in [3.63, 3.8) is 0 Å². The maximum atomic E-state index is 11.0. The third kappa shape index (κ3) is 2.08. The molecule has 0 aromatic carbocycles. The van der Waals surface area contributed by atoms with Gasteiger partial charge in [0, 0.05) is 12.4 Å². The van der Waals surface area contributed by atoms with Gasteiger partial charge < -0.3 is 10.8 Å². The van der Waals surface area contributed by atoms with E-state index in [1.165, 1.54) is 4.68 Å². The largest absolute Gasteiger partial charge is 0.394 e. The van der Waals surface area contributed by atoms with Crippen LogP contribution in [0.15, 0.2) is 24.5 Å². The van der Waals surface area contributed by atoms with Crippen LogP contribution in [0.25, 0.3) is 0 Å². The highest BCUT2D eigenvalue weighted by Crippen LogP contribution is 1.86. The molecule has 1 rings (SSSR count). The van der Waals surface area contributed by atoms with Crippen molar-refractivity contribution in [3.8, 4) is 0 Å². The standard InChI is InChI=1S/C7H11N3O2/c8-6(5-11)7(12)9-10-3-1-2-4-10/h1-4,6,11H,5,8H2,(H,9,12)/t6-/m0/s1. The monoisotopic (exact) mass is 169 g/mol. The second-order valence-corrected chi connectivity index (χ2v) is 2.36. The maximum absolute atomic E-state index is 11.0. The Balaban J connectivity index is 2.47. The number of aliphatic hydroxyl groups is 1. The number of nitrogens with two attached hydrogens (primary N) is 1. The number of amides is 1. The summed E-state index contributed by atoms with van der Waals surface area (Å²) in [4.78, 5) is 11.0. The lowest BCUT2D eigenvalue weighted by Gasteiger charge is -2.09. The Morgan fingerprint density at radius 1 is 1.58 bits per heavy atom. The van der Waals surface area contributed by atoms with Gasteiger partial charge >= 0.3 is 0 Å². The van der Waals surface area contributed by atoms with E-state index >= 15 is 0 Å². The third-order valence-electron chi connectivity index (χ3n) is 1.38. The van der Waals surface area contributed by atoms with Crippen LogP contribution in [0.3, 0.4) is 0 Å². The Morgan fingerprint density at radius 2 is 2.17 bits per heavy atom. The first-order valence-corrected chi connectivity index (χ1v) is 3.54. The molecule has 0 bridgehead atoms. The Hall–Kier alpha value is -1.33. The van der Waals surface area contributed by atoms with Crippen LogP contribution in [-0.2, 0) is 4.79 Å². The molecule has 0 saturated heterocycles. The van der Waals surface area contributed by atoms with Crippen molar-refractivity contribution in [1.29, 1.82) is 0 Å². The summed E-state index contributed by atoms with van der Waals surface area (Å²) in [7, 11) is 0. The summed E-state index contributed by atoms with van der Waals surface area (Å²) < 4.78 is 1.47. The number of carbonyl (C=O) groups is 1. The molecule has 66 valence electrons.